The van der Waals surface area contributed by atoms with Gasteiger partial charge < -0.3 is 37.4 Å². The van der Waals surface area contributed by atoms with Gasteiger partial charge in [0.05, 0.1) is 28.0 Å². The minimum atomic E-state index is -2.68. The van der Waals surface area contributed by atoms with E-state index >= 15 is 0 Å². The molecule has 240 valence electrons. The maximum atomic E-state index is 14.1. The molecule has 16 nitrogen and oxygen atoms in total. The summed E-state index contributed by atoms with van der Waals surface area (Å²) < 4.78 is 14.2. The van der Waals surface area contributed by atoms with Gasteiger partial charge in [0.25, 0.3) is 11.5 Å². The van der Waals surface area contributed by atoms with Crippen LogP contribution in [0.25, 0.3) is 11.2 Å². The van der Waals surface area contributed by atoms with Crippen molar-refractivity contribution in [2.24, 2.45) is 5.73 Å². The van der Waals surface area contributed by atoms with Gasteiger partial charge in [0.15, 0.2) is 34.1 Å². The molecule has 0 unspecified atom stereocenters. The normalized spacial score (nSPS) is 13.0. The Morgan fingerprint density at radius 3 is 2.43 bits per heavy atom. The number of benzene rings is 2. The Kier molecular flexibility index (Phi) is 10.1. The number of aromatic amines is 1. The first-order valence-electron chi connectivity index (χ1n) is 13.3. The van der Waals surface area contributed by atoms with Gasteiger partial charge in [0.1, 0.15) is 0 Å². The van der Waals surface area contributed by atoms with Crippen LogP contribution in [-0.2, 0) is 27.3 Å². The van der Waals surface area contributed by atoms with Crippen LogP contribution in [0.2, 0.25) is 0 Å². The van der Waals surface area contributed by atoms with Gasteiger partial charge in [-0.2, -0.15) is 4.98 Å². The molecule has 0 aliphatic carbocycles. The van der Waals surface area contributed by atoms with Crippen molar-refractivity contribution < 1.29 is 38.9 Å². The quantitative estimate of drug-likeness (QED) is 0.0698. The van der Waals surface area contributed by atoms with Crippen LogP contribution < -0.4 is 27.7 Å². The molecular weight excluding hydrogens is 722 g/mol. The second kappa shape index (κ2) is 13.8. The predicted molar refractivity (Wildman–Crippen MR) is 168 cm³/mol. The molecule has 2 atom stereocenters. The first kappa shape index (κ1) is 33.6. The second-order valence-corrected chi connectivity index (χ2v) is 11.3. The average molecular weight is 748 g/mol. The number of anilines is 2. The molecule has 2 aromatic carbocycles. The molecule has 2 heterocycles. The molecule has 18 heteroatoms. The Bertz CT molecular complexity index is 1880. The molecule has 46 heavy (non-hydrogen) atoms. The fourth-order valence-corrected chi connectivity index (χ4v) is 5.05. The number of rotatable bonds is 13. The van der Waals surface area contributed by atoms with Crippen molar-refractivity contribution in [3.05, 3.63) is 79.2 Å². The molecule has 0 saturated heterocycles. The van der Waals surface area contributed by atoms with E-state index in [1.165, 1.54) is 36.5 Å². The minimum Gasteiger partial charge on any atom is -0.504 e. The topological polar surface area (TPSA) is 277 Å². The number of carboxylic acids is 2. The lowest BCUT2D eigenvalue weighted by molar-refractivity contribution is -0.149. The van der Waals surface area contributed by atoms with Crippen LogP contribution in [0, 0.1) is 9.39 Å². The third-order valence-corrected chi connectivity index (χ3v) is 7.58. The summed E-state index contributed by atoms with van der Waals surface area (Å²) in [7, 11) is 0. The molecule has 0 aliphatic heterocycles. The van der Waals surface area contributed by atoms with E-state index < -0.39 is 71.6 Å². The van der Waals surface area contributed by atoms with Gasteiger partial charge in [-0.25, -0.2) is 19.2 Å². The Hall–Kier alpha value is -5.24. The molecule has 0 bridgehead atoms. The summed E-state index contributed by atoms with van der Waals surface area (Å²) in [5, 5.41) is 34.2. The third kappa shape index (κ3) is 7.69. The number of hydrogen-bond donors (Lipinski definition) is 8. The SMILES string of the molecule is Nc1nc2ncc(CNc3ccc(C(=O)N[C@@H](CCC(=O)O)C(=O)[C@](N)(Cc4cc(F)c(O)c(I)c4)C(=O)O)cc3)nc2c(=O)[nH]1. The number of carbonyl (C=O) groups excluding carboxylic acids is 2. The summed E-state index contributed by atoms with van der Waals surface area (Å²) in [6.45, 7) is 0.141. The fourth-order valence-electron chi connectivity index (χ4n) is 4.39. The van der Waals surface area contributed by atoms with E-state index in [1.807, 2.05) is 0 Å². The number of H-pyrrole nitrogens is 1. The number of nitrogens with one attached hydrogen (secondary N) is 3. The van der Waals surface area contributed by atoms with Gasteiger partial charge in [-0.3, -0.25) is 24.2 Å². The Balaban J connectivity index is 1.49. The Morgan fingerprint density at radius 1 is 1.11 bits per heavy atom. The van der Waals surface area contributed by atoms with E-state index in [-0.39, 0.29) is 38.4 Å². The zero-order valence-corrected chi connectivity index (χ0v) is 25.7. The molecule has 4 rings (SSSR count). The standard InChI is InChI=1S/C28H26FIN8O8/c29-16-7-12(8-17(30)21(16)41)9-28(32,26(45)46)22(42)18(5-6-19(39)40)36-24(43)13-1-3-14(4-2-13)33-10-15-11-34-23-20(35-15)25(44)38-27(31)37-23/h1-4,7-8,11,18,33,41H,5-6,9-10,32H2,(H,36,43)(H,39,40)(H,45,46)(H3,31,34,37,38,44)/t18-,28+/m0/s1. The van der Waals surface area contributed by atoms with Crippen molar-refractivity contribution >= 4 is 69.0 Å². The lowest BCUT2D eigenvalue weighted by Crippen LogP contribution is -2.63. The molecule has 0 aliphatic rings. The number of ketones is 1. The van der Waals surface area contributed by atoms with E-state index in [2.05, 4.69) is 30.6 Å². The number of nitrogens with zero attached hydrogens (tertiary/aromatic N) is 3. The smallest absolute Gasteiger partial charge is 0.331 e. The van der Waals surface area contributed by atoms with Crippen LogP contribution in [0.15, 0.2) is 47.4 Å². The number of aliphatic carboxylic acids is 2. The number of aromatic hydroxyl groups is 1. The van der Waals surface area contributed by atoms with Crippen molar-refractivity contribution in [2.45, 2.75) is 37.4 Å². The van der Waals surface area contributed by atoms with Crippen LogP contribution in [0.1, 0.15) is 34.5 Å². The minimum absolute atomic E-state index is 0.00176. The van der Waals surface area contributed by atoms with Crippen molar-refractivity contribution in [3.8, 4) is 5.75 Å². The number of phenols is 1. The number of carboxylic acid groups (broad SMARTS) is 2. The molecule has 1 amide bonds. The number of hydrogen-bond acceptors (Lipinski definition) is 12. The number of Topliss-reactive ketones (excluding diaryl/α,β-unsaturated/α-hetero) is 1. The second-order valence-electron chi connectivity index (χ2n) is 10.1. The third-order valence-electron chi connectivity index (χ3n) is 6.76. The molecule has 0 spiro atoms. The van der Waals surface area contributed by atoms with Gasteiger partial charge in [0, 0.05) is 24.1 Å². The molecular formula is C28H26FIN8O8. The van der Waals surface area contributed by atoms with Crippen molar-refractivity contribution in [1.29, 1.82) is 0 Å². The number of carbonyl (C=O) groups is 4. The number of nitrogen functional groups attached to an aromatic ring is 1. The summed E-state index contributed by atoms with van der Waals surface area (Å²) >= 11 is 1.62. The van der Waals surface area contributed by atoms with E-state index in [4.69, 9.17) is 11.5 Å². The number of phenolic OH excluding ortho intramolecular Hbond substituents is 1. The maximum absolute atomic E-state index is 14.1. The number of aromatic nitrogens is 4. The van der Waals surface area contributed by atoms with E-state index in [0.29, 0.717) is 11.4 Å². The summed E-state index contributed by atoms with van der Waals surface area (Å²) in [6.07, 6.45) is -0.390. The van der Waals surface area contributed by atoms with Crippen molar-refractivity contribution in [1.82, 2.24) is 25.3 Å². The van der Waals surface area contributed by atoms with Gasteiger partial charge in [0.2, 0.25) is 5.95 Å². The summed E-state index contributed by atoms with van der Waals surface area (Å²) in [5.41, 5.74) is 9.36. The number of fused-ring (bicyclic) bond motifs is 1. The first-order chi connectivity index (χ1) is 21.7. The summed E-state index contributed by atoms with van der Waals surface area (Å²) in [4.78, 5) is 76.7. The Labute approximate surface area is 271 Å². The number of nitrogens with two attached hydrogens (primary N) is 2. The molecule has 10 N–H and O–H groups in total. The first-order valence-corrected chi connectivity index (χ1v) is 14.4. The monoisotopic (exact) mass is 748 g/mol. The average Bonchev–Trinajstić information content (AvgIpc) is 3.00. The summed E-state index contributed by atoms with van der Waals surface area (Å²) in [5.74, 6) is -6.93. The largest absolute Gasteiger partial charge is 0.504 e. The Morgan fingerprint density at radius 2 is 1.80 bits per heavy atom. The van der Waals surface area contributed by atoms with E-state index in [9.17, 15) is 43.7 Å². The van der Waals surface area contributed by atoms with E-state index in [0.717, 1.165) is 6.07 Å². The van der Waals surface area contributed by atoms with Crippen LogP contribution in [0.3, 0.4) is 0 Å². The number of amides is 1. The zero-order chi connectivity index (χ0) is 33.8. The fraction of sp³-hybridized carbons (Fsp3) is 0.214. The van der Waals surface area contributed by atoms with Gasteiger partial charge in [-0.1, -0.05) is 0 Å². The highest BCUT2D eigenvalue weighted by molar-refractivity contribution is 14.1. The molecule has 4 aromatic rings. The lowest BCUT2D eigenvalue weighted by Gasteiger charge is -2.28. The van der Waals surface area contributed by atoms with Gasteiger partial charge in [-0.15, -0.1) is 0 Å². The molecule has 0 fully saturated rings. The molecule has 0 radical (unpaired) electrons. The van der Waals surface area contributed by atoms with E-state index in [1.54, 1.807) is 22.6 Å². The van der Waals surface area contributed by atoms with Crippen LogP contribution in [0.5, 0.6) is 5.75 Å². The van der Waals surface area contributed by atoms with Crippen LogP contribution in [-0.4, -0.2) is 70.5 Å². The maximum Gasteiger partial charge on any atom is 0.331 e. The molecule has 2 aromatic heterocycles. The van der Waals surface area contributed by atoms with Crippen molar-refractivity contribution in [2.75, 3.05) is 11.1 Å². The predicted octanol–water partition coefficient (Wildman–Crippen LogP) is 0.914. The lowest BCUT2D eigenvalue weighted by atomic mass is 9.83. The highest BCUT2D eigenvalue weighted by Gasteiger charge is 2.46. The van der Waals surface area contributed by atoms with Gasteiger partial charge in [-0.05, 0) is 71.0 Å². The molecule has 0 saturated carbocycles. The van der Waals surface area contributed by atoms with Crippen LogP contribution >= 0.6 is 22.6 Å². The highest BCUT2D eigenvalue weighted by atomic mass is 127. The highest BCUT2D eigenvalue weighted by Crippen LogP contribution is 2.27. The van der Waals surface area contributed by atoms with Crippen LogP contribution in [0.4, 0.5) is 16.0 Å². The van der Waals surface area contributed by atoms with Gasteiger partial charge >= 0.3 is 11.9 Å². The van der Waals surface area contributed by atoms with Crippen molar-refractivity contribution in [3.63, 3.8) is 0 Å². The summed E-state index contributed by atoms with van der Waals surface area (Å²) in [6, 6.07) is 6.28. The number of halogens is 2. The zero-order valence-electron chi connectivity index (χ0n) is 23.6.